The molecule has 0 aliphatic heterocycles. The largest absolute Gasteiger partial charge is 0.339 e. The van der Waals surface area contributed by atoms with E-state index in [-0.39, 0.29) is 12.3 Å². The van der Waals surface area contributed by atoms with Gasteiger partial charge in [0.15, 0.2) is 0 Å². The number of anilines is 1. The molecule has 0 bridgehead atoms. The fraction of sp³-hybridized carbons (Fsp3) is 0.118. The second-order valence-electron chi connectivity index (χ2n) is 5.05. The van der Waals surface area contributed by atoms with Gasteiger partial charge in [0.1, 0.15) is 0 Å². The molecule has 0 saturated carbocycles. The molecule has 0 aliphatic carbocycles. The van der Waals surface area contributed by atoms with Crippen LogP contribution in [-0.4, -0.2) is 16.0 Å². The van der Waals surface area contributed by atoms with Crippen molar-refractivity contribution in [3.63, 3.8) is 0 Å². The molecule has 122 valence electrons. The van der Waals surface area contributed by atoms with E-state index in [1.54, 1.807) is 18.2 Å². The first kappa shape index (κ1) is 16.5. The average molecular weight is 362 g/mol. The molecular weight excluding hydrogens is 349 g/mol. The number of benzene rings is 2. The van der Waals surface area contributed by atoms with Crippen molar-refractivity contribution < 1.29 is 9.32 Å². The highest BCUT2D eigenvalue weighted by Gasteiger charge is 2.11. The number of rotatable bonds is 5. The van der Waals surface area contributed by atoms with Crippen LogP contribution in [0.3, 0.4) is 0 Å². The second-order valence-corrected chi connectivity index (χ2v) is 5.89. The maximum atomic E-state index is 12.0. The molecule has 3 rings (SSSR count). The third-order valence-corrected chi connectivity index (χ3v) is 3.83. The van der Waals surface area contributed by atoms with Gasteiger partial charge in [0.2, 0.25) is 17.6 Å². The number of hydrogen-bond donors (Lipinski definition) is 1. The number of aromatic nitrogens is 2. The molecule has 0 unspecified atom stereocenters. The van der Waals surface area contributed by atoms with Gasteiger partial charge < -0.3 is 9.84 Å². The van der Waals surface area contributed by atoms with Crippen LogP contribution in [0.4, 0.5) is 5.69 Å². The van der Waals surface area contributed by atoms with Gasteiger partial charge in [-0.3, -0.25) is 4.79 Å². The van der Waals surface area contributed by atoms with Gasteiger partial charge in [-0.2, -0.15) is 4.98 Å². The number of carbonyl (C=O) groups excluding carboxylic acids is 1. The standard InChI is InChI=1S/C17H13Cl2N3O2/c18-12-6-7-13(19)14(10-12)20-15(23)8-9-16-21-17(22-24-16)11-4-2-1-3-5-11/h1-7,10H,8-9H2,(H,20,23). The van der Waals surface area contributed by atoms with E-state index in [9.17, 15) is 4.79 Å². The Morgan fingerprint density at radius 2 is 1.92 bits per heavy atom. The van der Waals surface area contributed by atoms with Gasteiger partial charge >= 0.3 is 0 Å². The molecule has 2 aromatic carbocycles. The average Bonchev–Trinajstić information content (AvgIpc) is 3.06. The van der Waals surface area contributed by atoms with Crippen LogP contribution in [0.25, 0.3) is 11.4 Å². The zero-order valence-corrected chi connectivity index (χ0v) is 14.0. The van der Waals surface area contributed by atoms with Gasteiger partial charge in [0.05, 0.1) is 10.7 Å². The summed E-state index contributed by atoms with van der Waals surface area (Å²) in [7, 11) is 0. The van der Waals surface area contributed by atoms with Crippen molar-refractivity contribution in [1.29, 1.82) is 0 Å². The summed E-state index contributed by atoms with van der Waals surface area (Å²) in [5, 5.41) is 7.56. The Bertz CT molecular complexity index is 850. The lowest BCUT2D eigenvalue weighted by Crippen LogP contribution is -2.12. The van der Waals surface area contributed by atoms with Crippen molar-refractivity contribution in [3.8, 4) is 11.4 Å². The van der Waals surface area contributed by atoms with Crippen molar-refractivity contribution in [1.82, 2.24) is 10.1 Å². The minimum Gasteiger partial charge on any atom is -0.339 e. The molecule has 1 amide bonds. The Balaban J connectivity index is 1.59. The van der Waals surface area contributed by atoms with E-state index in [1.165, 1.54) is 0 Å². The number of halogens is 2. The van der Waals surface area contributed by atoms with Crippen LogP contribution >= 0.6 is 23.2 Å². The maximum Gasteiger partial charge on any atom is 0.227 e. The first-order valence-corrected chi connectivity index (χ1v) is 8.00. The lowest BCUT2D eigenvalue weighted by atomic mass is 10.2. The Hall–Kier alpha value is -2.37. The lowest BCUT2D eigenvalue weighted by molar-refractivity contribution is -0.116. The predicted molar refractivity (Wildman–Crippen MR) is 93.1 cm³/mol. The molecule has 0 spiro atoms. The van der Waals surface area contributed by atoms with Crippen molar-refractivity contribution in [2.45, 2.75) is 12.8 Å². The van der Waals surface area contributed by atoms with E-state index in [0.29, 0.717) is 33.9 Å². The van der Waals surface area contributed by atoms with Crippen molar-refractivity contribution >= 4 is 34.8 Å². The number of nitrogens with one attached hydrogen (secondary N) is 1. The third-order valence-electron chi connectivity index (χ3n) is 3.27. The summed E-state index contributed by atoms with van der Waals surface area (Å²) in [4.78, 5) is 16.3. The van der Waals surface area contributed by atoms with Crippen molar-refractivity contribution in [2.24, 2.45) is 0 Å². The summed E-state index contributed by atoms with van der Waals surface area (Å²) >= 11 is 11.9. The smallest absolute Gasteiger partial charge is 0.227 e. The van der Waals surface area contributed by atoms with Crippen molar-refractivity contribution in [3.05, 3.63) is 64.5 Å². The Morgan fingerprint density at radius 3 is 2.71 bits per heavy atom. The predicted octanol–water partition coefficient (Wildman–Crippen LogP) is 4.61. The molecule has 0 saturated heterocycles. The molecule has 0 aliphatic rings. The number of aryl methyl sites for hydroxylation is 1. The third kappa shape index (κ3) is 4.13. The molecule has 0 atom stereocenters. The minimum atomic E-state index is -0.210. The fourth-order valence-corrected chi connectivity index (χ4v) is 2.42. The molecule has 1 aromatic heterocycles. The summed E-state index contributed by atoms with van der Waals surface area (Å²) in [6, 6.07) is 14.4. The zero-order chi connectivity index (χ0) is 16.9. The summed E-state index contributed by atoms with van der Waals surface area (Å²) in [6.45, 7) is 0. The molecule has 5 nitrogen and oxygen atoms in total. The van der Waals surface area contributed by atoms with Crippen LogP contribution in [0.1, 0.15) is 12.3 Å². The Morgan fingerprint density at radius 1 is 1.12 bits per heavy atom. The first-order chi connectivity index (χ1) is 11.6. The molecule has 3 aromatic rings. The van der Waals surface area contributed by atoms with E-state index in [4.69, 9.17) is 27.7 Å². The summed E-state index contributed by atoms with van der Waals surface area (Å²) in [6.07, 6.45) is 0.531. The lowest BCUT2D eigenvalue weighted by Gasteiger charge is -2.06. The topological polar surface area (TPSA) is 68.0 Å². The normalized spacial score (nSPS) is 10.6. The Kier molecular flexibility index (Phi) is 5.13. The highest BCUT2D eigenvalue weighted by molar-refractivity contribution is 6.35. The number of amides is 1. The maximum absolute atomic E-state index is 12.0. The summed E-state index contributed by atoms with van der Waals surface area (Å²) < 4.78 is 5.17. The number of nitrogens with zero attached hydrogens (tertiary/aromatic N) is 2. The van der Waals surface area contributed by atoms with Gasteiger partial charge in [-0.05, 0) is 18.2 Å². The summed E-state index contributed by atoms with van der Waals surface area (Å²) in [5.41, 5.74) is 1.34. The highest BCUT2D eigenvalue weighted by Crippen LogP contribution is 2.25. The highest BCUT2D eigenvalue weighted by atomic mass is 35.5. The summed E-state index contributed by atoms with van der Waals surface area (Å²) in [5.74, 6) is 0.698. The quantitative estimate of drug-likeness (QED) is 0.719. The van der Waals surface area contributed by atoms with Crippen LogP contribution in [0, 0.1) is 0 Å². The van der Waals surface area contributed by atoms with Crippen LogP contribution in [0.5, 0.6) is 0 Å². The molecule has 1 heterocycles. The molecule has 1 N–H and O–H groups in total. The van der Waals surface area contributed by atoms with Gasteiger partial charge in [-0.15, -0.1) is 0 Å². The number of carbonyl (C=O) groups is 1. The number of hydrogen-bond acceptors (Lipinski definition) is 4. The molecular formula is C17H13Cl2N3O2. The van der Waals surface area contributed by atoms with E-state index >= 15 is 0 Å². The first-order valence-electron chi connectivity index (χ1n) is 7.25. The second kappa shape index (κ2) is 7.47. The SMILES string of the molecule is O=C(CCc1nc(-c2ccccc2)no1)Nc1cc(Cl)ccc1Cl. The Labute approximate surface area is 148 Å². The van der Waals surface area contributed by atoms with E-state index < -0.39 is 0 Å². The zero-order valence-electron chi connectivity index (χ0n) is 12.5. The molecule has 24 heavy (non-hydrogen) atoms. The molecule has 0 fully saturated rings. The van der Waals surface area contributed by atoms with Crippen LogP contribution in [-0.2, 0) is 11.2 Å². The van der Waals surface area contributed by atoms with Crippen LogP contribution in [0.2, 0.25) is 10.0 Å². The van der Waals surface area contributed by atoms with Gasteiger partial charge in [0.25, 0.3) is 0 Å². The van der Waals surface area contributed by atoms with E-state index in [1.807, 2.05) is 30.3 Å². The minimum absolute atomic E-state index is 0.194. The van der Waals surface area contributed by atoms with Crippen LogP contribution in [0.15, 0.2) is 53.1 Å². The van der Waals surface area contributed by atoms with Crippen LogP contribution < -0.4 is 5.32 Å². The van der Waals surface area contributed by atoms with Gasteiger partial charge in [-0.1, -0.05) is 58.7 Å². The monoisotopic (exact) mass is 361 g/mol. The fourth-order valence-electron chi connectivity index (χ4n) is 2.09. The van der Waals surface area contributed by atoms with Gasteiger partial charge in [0, 0.05) is 23.4 Å². The van der Waals surface area contributed by atoms with E-state index in [2.05, 4.69) is 15.5 Å². The van der Waals surface area contributed by atoms with Gasteiger partial charge in [-0.25, -0.2) is 0 Å². The molecule has 7 heteroatoms. The molecule has 0 radical (unpaired) electrons. The van der Waals surface area contributed by atoms with E-state index in [0.717, 1.165) is 5.56 Å². The van der Waals surface area contributed by atoms with Crippen molar-refractivity contribution in [2.75, 3.05) is 5.32 Å².